The van der Waals surface area contributed by atoms with E-state index in [0.717, 1.165) is 12.0 Å². The Hall–Kier alpha value is -1.67. The summed E-state index contributed by atoms with van der Waals surface area (Å²) < 4.78 is 28.3. The minimum atomic E-state index is -3.91. The maximum absolute atomic E-state index is 11.6. The molecule has 0 spiro atoms. The highest BCUT2D eigenvalue weighted by Gasteiger charge is 2.25. The second-order valence-electron chi connectivity index (χ2n) is 3.81. The largest absolute Gasteiger partial charge is 0.453 e. The number of nitrogens with zero attached hydrogens (tertiary/aromatic N) is 2. The van der Waals surface area contributed by atoms with E-state index in [4.69, 9.17) is 9.88 Å². The molecule has 0 aromatic carbocycles. The second-order valence-corrected chi connectivity index (χ2v) is 5.29. The summed E-state index contributed by atoms with van der Waals surface area (Å²) in [6.45, 7) is 2.20. The zero-order chi connectivity index (χ0) is 13.2. The van der Waals surface area contributed by atoms with Gasteiger partial charge in [-0.1, -0.05) is 13.3 Å². The normalized spacial score (nSPS) is 14.9. The lowest BCUT2D eigenvalue weighted by Crippen LogP contribution is -2.20. The van der Waals surface area contributed by atoms with Crippen molar-refractivity contribution in [3.05, 3.63) is 23.4 Å². The van der Waals surface area contributed by atoms with Crippen LogP contribution in [0, 0.1) is 0 Å². The molecule has 1 aromatic rings. The number of hydrazone groups is 1. The maximum Gasteiger partial charge on any atom is 0.256 e. The summed E-state index contributed by atoms with van der Waals surface area (Å²) in [4.78, 5) is 3.84. The highest BCUT2D eigenvalue weighted by molar-refractivity contribution is 7.89. The molecular weight excluding hydrogens is 256 g/mol. The molecule has 1 aliphatic rings. The van der Waals surface area contributed by atoms with Crippen LogP contribution < -0.4 is 10.6 Å². The number of primary sulfonamides is 1. The van der Waals surface area contributed by atoms with Gasteiger partial charge in [-0.2, -0.15) is 0 Å². The lowest BCUT2D eigenvalue weighted by atomic mass is 10.1. The number of aromatic nitrogens is 1. The fraction of sp³-hybridized carbons (Fsp3) is 0.400. The van der Waals surface area contributed by atoms with Crippen LogP contribution in [-0.4, -0.2) is 26.0 Å². The average Bonchev–Trinajstić information content (AvgIpc) is 2.81. The van der Waals surface area contributed by atoms with Gasteiger partial charge in [0.05, 0.1) is 5.56 Å². The molecule has 7 nitrogen and oxygen atoms in total. The minimum absolute atomic E-state index is 0.198. The SMILES string of the molecule is CCCc1ccnc(S(N)(=O)=O)c1C1=NNCO1. The third-order valence-corrected chi connectivity index (χ3v) is 3.31. The first-order valence-electron chi connectivity index (χ1n) is 5.48. The number of rotatable bonds is 4. The predicted molar refractivity (Wildman–Crippen MR) is 65.2 cm³/mol. The summed E-state index contributed by atoms with van der Waals surface area (Å²) in [6.07, 6.45) is 2.99. The first-order valence-corrected chi connectivity index (χ1v) is 7.03. The molecule has 0 fully saturated rings. The van der Waals surface area contributed by atoms with E-state index in [2.05, 4.69) is 15.5 Å². The molecule has 0 saturated heterocycles. The van der Waals surface area contributed by atoms with Gasteiger partial charge < -0.3 is 4.74 Å². The van der Waals surface area contributed by atoms with E-state index < -0.39 is 10.0 Å². The number of pyridine rings is 1. The molecule has 3 N–H and O–H groups in total. The highest BCUT2D eigenvalue weighted by Crippen LogP contribution is 2.20. The molecule has 0 aliphatic carbocycles. The zero-order valence-corrected chi connectivity index (χ0v) is 10.7. The molecule has 1 aromatic heterocycles. The Morgan fingerprint density at radius 3 is 2.89 bits per heavy atom. The van der Waals surface area contributed by atoms with Crippen molar-refractivity contribution in [2.45, 2.75) is 24.8 Å². The van der Waals surface area contributed by atoms with E-state index >= 15 is 0 Å². The molecule has 1 aliphatic heterocycles. The number of nitrogens with one attached hydrogen (secondary N) is 1. The number of nitrogens with two attached hydrogens (primary N) is 1. The second kappa shape index (κ2) is 4.91. The molecule has 0 unspecified atom stereocenters. The topological polar surface area (TPSA) is 107 Å². The van der Waals surface area contributed by atoms with Gasteiger partial charge in [0, 0.05) is 6.20 Å². The molecule has 0 radical (unpaired) electrons. The molecule has 0 saturated carbocycles. The fourth-order valence-electron chi connectivity index (χ4n) is 1.77. The molecule has 8 heteroatoms. The van der Waals surface area contributed by atoms with E-state index in [-0.39, 0.29) is 17.7 Å². The molecule has 2 heterocycles. The van der Waals surface area contributed by atoms with E-state index in [9.17, 15) is 8.42 Å². The Balaban J connectivity index is 2.63. The van der Waals surface area contributed by atoms with Crippen LogP contribution in [0.3, 0.4) is 0 Å². The van der Waals surface area contributed by atoms with Crippen molar-refractivity contribution >= 4 is 15.9 Å². The molecule has 18 heavy (non-hydrogen) atoms. The summed E-state index contributed by atoms with van der Waals surface area (Å²) >= 11 is 0. The van der Waals surface area contributed by atoms with Crippen LogP contribution in [0.15, 0.2) is 22.4 Å². The summed E-state index contributed by atoms with van der Waals surface area (Å²) in [5.74, 6) is 0.218. The molecule has 0 amide bonds. The Morgan fingerprint density at radius 2 is 2.33 bits per heavy atom. The van der Waals surface area contributed by atoms with Crippen molar-refractivity contribution in [2.75, 3.05) is 6.73 Å². The lowest BCUT2D eigenvalue weighted by Gasteiger charge is -2.11. The molecule has 98 valence electrons. The average molecular weight is 270 g/mol. The van der Waals surface area contributed by atoms with Crippen molar-refractivity contribution in [3.8, 4) is 0 Å². The van der Waals surface area contributed by atoms with Gasteiger partial charge >= 0.3 is 0 Å². The summed E-state index contributed by atoms with van der Waals surface area (Å²) in [5.41, 5.74) is 3.78. The van der Waals surface area contributed by atoms with Crippen molar-refractivity contribution in [2.24, 2.45) is 10.2 Å². The van der Waals surface area contributed by atoms with Gasteiger partial charge in [-0.15, -0.1) is 5.10 Å². The van der Waals surface area contributed by atoms with Crippen LogP contribution in [0.4, 0.5) is 0 Å². The summed E-state index contributed by atoms with van der Waals surface area (Å²) in [6, 6.07) is 1.75. The zero-order valence-electron chi connectivity index (χ0n) is 9.88. The first kappa shape index (κ1) is 12.8. The fourth-order valence-corrected chi connectivity index (χ4v) is 2.48. The van der Waals surface area contributed by atoms with Crippen LogP contribution in [0.1, 0.15) is 24.5 Å². The Bertz CT molecular complexity index is 583. The minimum Gasteiger partial charge on any atom is -0.453 e. The number of aryl methyl sites for hydroxylation is 1. The Morgan fingerprint density at radius 1 is 1.56 bits per heavy atom. The van der Waals surface area contributed by atoms with Crippen LogP contribution >= 0.6 is 0 Å². The van der Waals surface area contributed by atoms with E-state index in [1.165, 1.54) is 6.20 Å². The number of hydrogen-bond acceptors (Lipinski definition) is 6. The number of ether oxygens (including phenoxy) is 1. The van der Waals surface area contributed by atoms with E-state index in [0.29, 0.717) is 12.0 Å². The van der Waals surface area contributed by atoms with Gasteiger partial charge in [-0.3, -0.25) is 5.43 Å². The quantitative estimate of drug-likeness (QED) is 0.795. The number of hydrogen-bond donors (Lipinski definition) is 2. The first-order chi connectivity index (χ1) is 8.54. The summed E-state index contributed by atoms with van der Waals surface area (Å²) in [7, 11) is -3.91. The van der Waals surface area contributed by atoms with Gasteiger partial charge in [0.1, 0.15) is 0 Å². The molecular formula is C10H14N4O3S. The van der Waals surface area contributed by atoms with Gasteiger partial charge in [-0.25, -0.2) is 18.5 Å². The van der Waals surface area contributed by atoms with Gasteiger partial charge in [-0.05, 0) is 18.1 Å². The third kappa shape index (κ3) is 2.44. The van der Waals surface area contributed by atoms with Crippen LogP contribution in [-0.2, 0) is 21.2 Å². The molecule has 2 rings (SSSR count). The van der Waals surface area contributed by atoms with Crippen LogP contribution in [0.2, 0.25) is 0 Å². The monoisotopic (exact) mass is 270 g/mol. The van der Waals surface area contributed by atoms with Gasteiger partial charge in [0.25, 0.3) is 10.0 Å². The third-order valence-electron chi connectivity index (χ3n) is 2.46. The van der Waals surface area contributed by atoms with E-state index in [1.54, 1.807) is 6.07 Å². The highest BCUT2D eigenvalue weighted by atomic mass is 32.2. The summed E-state index contributed by atoms with van der Waals surface area (Å²) in [5, 5.41) is 8.88. The van der Waals surface area contributed by atoms with Crippen LogP contribution in [0.25, 0.3) is 0 Å². The van der Waals surface area contributed by atoms with Gasteiger partial charge in [0.15, 0.2) is 11.8 Å². The Kier molecular flexibility index (Phi) is 3.48. The van der Waals surface area contributed by atoms with Crippen molar-refractivity contribution in [1.29, 1.82) is 0 Å². The van der Waals surface area contributed by atoms with Gasteiger partial charge in [0.2, 0.25) is 5.90 Å². The molecule has 0 bridgehead atoms. The van der Waals surface area contributed by atoms with Crippen molar-refractivity contribution in [3.63, 3.8) is 0 Å². The lowest BCUT2D eigenvalue weighted by molar-refractivity contribution is 0.315. The standard InChI is InChI=1S/C10H14N4O3S/c1-2-3-7-4-5-12-10(18(11,15)16)8(7)9-14-13-6-17-9/h4-5,13H,2-3,6H2,1H3,(H2,11,15,16). The molecule has 0 atom stereocenters. The smallest absolute Gasteiger partial charge is 0.256 e. The van der Waals surface area contributed by atoms with Crippen molar-refractivity contribution < 1.29 is 13.2 Å². The van der Waals surface area contributed by atoms with Crippen molar-refractivity contribution in [1.82, 2.24) is 10.4 Å². The Labute approximate surface area is 105 Å². The van der Waals surface area contributed by atoms with E-state index in [1.807, 2.05) is 6.92 Å². The van der Waals surface area contributed by atoms with Crippen LogP contribution in [0.5, 0.6) is 0 Å². The predicted octanol–water partition coefficient (Wildman–Crippen LogP) is -0.0796. The maximum atomic E-state index is 11.6. The number of sulfonamides is 1.